The third-order valence-electron chi connectivity index (χ3n) is 2.45. The normalized spacial score (nSPS) is 10.8. The first kappa shape index (κ1) is 15.8. The first-order valence-electron chi connectivity index (χ1n) is 5.55. The van der Waals surface area contributed by atoms with Gasteiger partial charge >= 0.3 is 0 Å². The van der Waals surface area contributed by atoms with E-state index in [-0.39, 0.29) is 23.3 Å². The number of rotatable bonds is 6. The number of thiocarbonyl (C=S) groups is 1. The molecule has 0 aromatic heterocycles. The Hall–Kier alpha value is -1.17. The van der Waals surface area contributed by atoms with Crippen molar-refractivity contribution in [3.63, 3.8) is 0 Å². The molecule has 0 radical (unpaired) electrons. The second-order valence-electron chi connectivity index (χ2n) is 4.50. The van der Waals surface area contributed by atoms with Gasteiger partial charge in [0.2, 0.25) is 11.8 Å². The van der Waals surface area contributed by atoms with E-state index in [1.807, 2.05) is 6.92 Å². The van der Waals surface area contributed by atoms with Crippen LogP contribution in [0.15, 0.2) is 0 Å². The van der Waals surface area contributed by atoms with Gasteiger partial charge in [-0.2, -0.15) is 0 Å². The second-order valence-corrected chi connectivity index (χ2v) is 4.94. The van der Waals surface area contributed by atoms with Crippen molar-refractivity contribution >= 4 is 29.0 Å². The molecule has 98 valence electrons. The summed E-state index contributed by atoms with van der Waals surface area (Å²) >= 11 is 4.84. The van der Waals surface area contributed by atoms with Crippen LogP contribution in [0.3, 0.4) is 0 Å². The van der Waals surface area contributed by atoms with Gasteiger partial charge in [-0.3, -0.25) is 9.59 Å². The van der Waals surface area contributed by atoms with E-state index in [0.29, 0.717) is 6.54 Å². The fourth-order valence-electron chi connectivity index (χ4n) is 1.19. The lowest BCUT2D eigenvalue weighted by Gasteiger charge is -2.27. The van der Waals surface area contributed by atoms with Gasteiger partial charge in [0.15, 0.2) is 0 Å². The molecule has 0 saturated heterocycles. The van der Waals surface area contributed by atoms with Crippen molar-refractivity contribution in [1.82, 2.24) is 10.2 Å². The molecule has 0 aromatic carbocycles. The van der Waals surface area contributed by atoms with E-state index in [0.717, 1.165) is 6.42 Å². The quantitative estimate of drug-likeness (QED) is 0.672. The predicted octanol–water partition coefficient (Wildman–Crippen LogP) is 0.283. The number of hydrogen-bond donors (Lipinski definition) is 2. The van der Waals surface area contributed by atoms with E-state index < -0.39 is 5.41 Å². The van der Waals surface area contributed by atoms with E-state index in [4.69, 9.17) is 18.0 Å². The van der Waals surface area contributed by atoms with Gasteiger partial charge in [0, 0.05) is 13.6 Å². The molecular weight excluding hydrogens is 238 g/mol. The summed E-state index contributed by atoms with van der Waals surface area (Å²) in [6, 6.07) is 0. The number of amides is 2. The molecule has 17 heavy (non-hydrogen) atoms. The van der Waals surface area contributed by atoms with E-state index in [1.54, 1.807) is 20.9 Å². The van der Waals surface area contributed by atoms with Crippen molar-refractivity contribution < 1.29 is 9.59 Å². The highest BCUT2D eigenvalue weighted by molar-refractivity contribution is 7.80. The molecule has 5 nitrogen and oxygen atoms in total. The summed E-state index contributed by atoms with van der Waals surface area (Å²) < 4.78 is 0. The molecule has 0 spiro atoms. The van der Waals surface area contributed by atoms with Crippen LogP contribution in [0.4, 0.5) is 0 Å². The van der Waals surface area contributed by atoms with Crippen molar-refractivity contribution in [3.8, 4) is 0 Å². The van der Waals surface area contributed by atoms with Gasteiger partial charge in [-0.25, -0.2) is 0 Å². The molecule has 6 heteroatoms. The van der Waals surface area contributed by atoms with Crippen molar-refractivity contribution in [3.05, 3.63) is 0 Å². The number of nitrogens with one attached hydrogen (secondary N) is 1. The minimum Gasteiger partial charge on any atom is -0.392 e. The van der Waals surface area contributed by atoms with Crippen molar-refractivity contribution in [1.29, 1.82) is 0 Å². The molecule has 3 N–H and O–H groups in total. The molecular formula is C11H21N3O2S. The van der Waals surface area contributed by atoms with Crippen molar-refractivity contribution in [2.75, 3.05) is 20.1 Å². The standard InChI is InChI=1S/C11H21N3O2S/c1-5-6-13-8(15)7-14(4)10(16)11(2,3)9(12)17/h5-7H2,1-4H3,(H2,12,17)(H,13,15). The number of nitrogens with zero attached hydrogens (tertiary/aromatic N) is 1. The van der Waals surface area contributed by atoms with Crippen LogP contribution in [-0.2, 0) is 9.59 Å². The molecule has 0 atom stereocenters. The molecule has 0 aromatic rings. The SMILES string of the molecule is CCCNC(=O)CN(C)C(=O)C(C)(C)C(N)=S. The second kappa shape index (κ2) is 6.54. The monoisotopic (exact) mass is 259 g/mol. The molecule has 0 bridgehead atoms. The Morgan fingerprint density at radius 3 is 2.35 bits per heavy atom. The van der Waals surface area contributed by atoms with Gasteiger partial charge in [0.25, 0.3) is 0 Å². The Balaban J connectivity index is 4.42. The zero-order chi connectivity index (χ0) is 13.6. The number of hydrogen-bond acceptors (Lipinski definition) is 3. The van der Waals surface area contributed by atoms with Gasteiger partial charge in [-0.15, -0.1) is 0 Å². The van der Waals surface area contributed by atoms with E-state index in [9.17, 15) is 9.59 Å². The third kappa shape index (κ3) is 4.68. The van der Waals surface area contributed by atoms with Crippen molar-refractivity contribution in [2.24, 2.45) is 11.1 Å². The lowest BCUT2D eigenvalue weighted by Crippen LogP contribution is -2.48. The lowest BCUT2D eigenvalue weighted by atomic mass is 9.92. The molecule has 0 unspecified atom stereocenters. The van der Waals surface area contributed by atoms with Gasteiger partial charge in [0.05, 0.1) is 16.9 Å². The van der Waals surface area contributed by atoms with Crippen LogP contribution < -0.4 is 11.1 Å². The number of likely N-dealkylation sites (N-methyl/N-ethyl adjacent to an activating group) is 1. The summed E-state index contributed by atoms with van der Waals surface area (Å²) in [6.07, 6.45) is 0.863. The first-order valence-corrected chi connectivity index (χ1v) is 5.96. The molecule has 0 heterocycles. The maximum absolute atomic E-state index is 12.0. The lowest BCUT2D eigenvalue weighted by molar-refractivity contribution is -0.139. The summed E-state index contributed by atoms with van der Waals surface area (Å²) in [5, 5.41) is 2.70. The van der Waals surface area contributed by atoms with E-state index >= 15 is 0 Å². The molecule has 0 aliphatic carbocycles. The number of nitrogens with two attached hydrogens (primary N) is 1. The van der Waals surface area contributed by atoms with Crippen LogP contribution in [0.1, 0.15) is 27.2 Å². The smallest absolute Gasteiger partial charge is 0.239 e. The van der Waals surface area contributed by atoms with Crippen LogP contribution >= 0.6 is 12.2 Å². The highest BCUT2D eigenvalue weighted by Crippen LogP contribution is 2.18. The van der Waals surface area contributed by atoms with Gasteiger partial charge in [0.1, 0.15) is 0 Å². The van der Waals surface area contributed by atoms with Crippen LogP contribution in [0.5, 0.6) is 0 Å². The van der Waals surface area contributed by atoms with Crippen molar-refractivity contribution in [2.45, 2.75) is 27.2 Å². The molecule has 0 aliphatic rings. The first-order chi connectivity index (χ1) is 7.73. The zero-order valence-electron chi connectivity index (χ0n) is 10.9. The van der Waals surface area contributed by atoms with E-state index in [2.05, 4.69) is 5.32 Å². The predicted molar refractivity (Wildman–Crippen MR) is 71.5 cm³/mol. The highest BCUT2D eigenvalue weighted by atomic mass is 32.1. The fourth-order valence-corrected chi connectivity index (χ4v) is 1.28. The van der Waals surface area contributed by atoms with Crippen LogP contribution in [0, 0.1) is 5.41 Å². The number of carbonyl (C=O) groups is 2. The average molecular weight is 259 g/mol. The Kier molecular flexibility index (Phi) is 6.09. The Morgan fingerprint density at radius 1 is 1.41 bits per heavy atom. The largest absolute Gasteiger partial charge is 0.392 e. The maximum Gasteiger partial charge on any atom is 0.239 e. The van der Waals surface area contributed by atoms with Crippen LogP contribution in [-0.4, -0.2) is 41.8 Å². The van der Waals surface area contributed by atoms with Crippen LogP contribution in [0.25, 0.3) is 0 Å². The fraction of sp³-hybridized carbons (Fsp3) is 0.727. The minimum absolute atomic E-state index is 0.0187. The van der Waals surface area contributed by atoms with Gasteiger partial charge < -0.3 is 16.0 Å². The summed E-state index contributed by atoms with van der Waals surface area (Å²) in [7, 11) is 1.56. The third-order valence-corrected chi connectivity index (χ3v) is 2.96. The minimum atomic E-state index is -0.922. The summed E-state index contributed by atoms with van der Waals surface area (Å²) in [4.78, 5) is 24.9. The van der Waals surface area contributed by atoms with Crippen LogP contribution in [0.2, 0.25) is 0 Å². The Bertz CT molecular complexity index is 316. The zero-order valence-corrected chi connectivity index (χ0v) is 11.7. The maximum atomic E-state index is 12.0. The highest BCUT2D eigenvalue weighted by Gasteiger charge is 2.33. The average Bonchev–Trinajstić information content (AvgIpc) is 2.24. The summed E-state index contributed by atoms with van der Waals surface area (Å²) in [6.45, 7) is 5.89. The van der Waals surface area contributed by atoms with E-state index in [1.165, 1.54) is 4.90 Å². The Labute approximate surface area is 108 Å². The summed E-state index contributed by atoms with van der Waals surface area (Å²) in [5.41, 5.74) is 4.58. The molecule has 0 saturated carbocycles. The molecule has 2 amide bonds. The molecule has 0 rings (SSSR count). The van der Waals surface area contributed by atoms with Gasteiger partial charge in [-0.1, -0.05) is 19.1 Å². The number of carbonyl (C=O) groups excluding carboxylic acids is 2. The topological polar surface area (TPSA) is 75.4 Å². The molecule has 0 fully saturated rings. The Morgan fingerprint density at radius 2 is 1.94 bits per heavy atom. The molecule has 0 aliphatic heterocycles. The summed E-state index contributed by atoms with van der Waals surface area (Å²) in [5.74, 6) is -0.432. The van der Waals surface area contributed by atoms with Gasteiger partial charge in [-0.05, 0) is 20.3 Å².